The quantitative estimate of drug-likeness (QED) is 0.517. The van der Waals surface area contributed by atoms with Gasteiger partial charge in [-0.2, -0.15) is 0 Å². The first-order valence-electron chi connectivity index (χ1n) is 9.41. The van der Waals surface area contributed by atoms with Gasteiger partial charge in [0, 0.05) is 18.0 Å². The fourth-order valence-corrected chi connectivity index (χ4v) is 4.58. The van der Waals surface area contributed by atoms with Crippen molar-refractivity contribution in [3.8, 4) is 0 Å². The summed E-state index contributed by atoms with van der Waals surface area (Å²) >= 11 is 12.2. The molecule has 2 aromatic carbocycles. The smallest absolute Gasteiger partial charge is 0.331 e. The van der Waals surface area contributed by atoms with E-state index >= 15 is 0 Å². The second-order valence-corrected chi connectivity index (χ2v) is 10.6. The number of amides is 2. The van der Waals surface area contributed by atoms with Gasteiger partial charge in [-0.15, -0.1) is 6.58 Å². The molecular formula is C22H26Cl2N2O3S. The van der Waals surface area contributed by atoms with E-state index in [0.29, 0.717) is 16.5 Å². The topological polar surface area (TPSA) is 66.5 Å². The molecule has 2 amide bonds. The van der Waals surface area contributed by atoms with E-state index in [9.17, 15) is 13.2 Å². The molecule has 0 heterocycles. The van der Waals surface area contributed by atoms with Gasteiger partial charge in [0.15, 0.2) is 0 Å². The summed E-state index contributed by atoms with van der Waals surface area (Å²) in [6, 6.07) is 12.3. The lowest BCUT2D eigenvalue weighted by Crippen LogP contribution is -2.51. The fourth-order valence-electron chi connectivity index (χ4n) is 2.88. The van der Waals surface area contributed by atoms with Gasteiger partial charge in [-0.1, -0.05) is 53.5 Å². The number of hydrogen-bond donors (Lipinski definition) is 1. The van der Waals surface area contributed by atoms with E-state index in [1.807, 2.05) is 0 Å². The Hall–Kier alpha value is -2.02. The second kappa shape index (κ2) is 9.86. The molecule has 0 aliphatic carbocycles. The molecule has 0 spiro atoms. The Bertz CT molecular complexity index is 1000. The van der Waals surface area contributed by atoms with E-state index in [0.717, 1.165) is 9.87 Å². The molecule has 0 saturated heterocycles. The lowest BCUT2D eigenvalue weighted by atomic mass is 9.95. The first-order valence-corrected chi connectivity index (χ1v) is 11.6. The van der Waals surface area contributed by atoms with Crippen molar-refractivity contribution in [3.05, 3.63) is 76.8 Å². The predicted molar refractivity (Wildman–Crippen MR) is 123 cm³/mol. The normalized spacial score (nSPS) is 12.8. The zero-order valence-electron chi connectivity index (χ0n) is 17.2. The van der Waals surface area contributed by atoms with Gasteiger partial charge in [-0.25, -0.2) is 17.5 Å². The standard InChI is InChI=1S/C22H26Cl2N2O3S/c1-5-9-17(16-12-13-19(23)20(24)14-16)15-26(21(27)25-22(2,3)4)30(28,29)18-10-7-6-8-11-18/h5-8,10-14,17H,1,9,15H2,2-4H3,(H,25,27). The van der Waals surface area contributed by atoms with Crippen LogP contribution in [0.5, 0.6) is 0 Å². The Balaban J connectivity index is 2.50. The number of carbonyl (C=O) groups is 1. The molecule has 0 saturated carbocycles. The average Bonchev–Trinajstić information content (AvgIpc) is 2.66. The first kappa shape index (κ1) is 24.3. The number of benzene rings is 2. The molecule has 1 N–H and O–H groups in total. The van der Waals surface area contributed by atoms with E-state index in [4.69, 9.17) is 23.2 Å². The Kier molecular flexibility index (Phi) is 7.97. The number of nitrogens with one attached hydrogen (secondary N) is 1. The number of sulfonamides is 1. The van der Waals surface area contributed by atoms with Crippen LogP contribution in [0.15, 0.2) is 66.1 Å². The number of nitrogens with zero attached hydrogens (tertiary/aromatic N) is 1. The minimum atomic E-state index is -4.08. The van der Waals surface area contributed by atoms with Crippen LogP contribution in [0.2, 0.25) is 10.0 Å². The molecule has 0 aliphatic rings. The van der Waals surface area contributed by atoms with Crippen molar-refractivity contribution < 1.29 is 13.2 Å². The largest absolute Gasteiger partial charge is 0.333 e. The lowest BCUT2D eigenvalue weighted by molar-refractivity contribution is 0.211. The van der Waals surface area contributed by atoms with Crippen molar-refractivity contribution in [2.45, 2.75) is 43.5 Å². The van der Waals surface area contributed by atoms with Crippen molar-refractivity contribution in [2.75, 3.05) is 6.54 Å². The summed E-state index contributed by atoms with van der Waals surface area (Å²) in [7, 11) is -4.08. The molecule has 0 aromatic heterocycles. The average molecular weight is 469 g/mol. The monoisotopic (exact) mass is 468 g/mol. The third kappa shape index (κ3) is 6.24. The molecular weight excluding hydrogens is 443 g/mol. The van der Waals surface area contributed by atoms with Gasteiger partial charge in [-0.05, 0) is 57.0 Å². The van der Waals surface area contributed by atoms with E-state index in [-0.39, 0.29) is 17.4 Å². The van der Waals surface area contributed by atoms with Gasteiger partial charge in [0.1, 0.15) is 0 Å². The second-order valence-electron chi connectivity index (χ2n) is 7.92. The van der Waals surface area contributed by atoms with Crippen LogP contribution in [0.25, 0.3) is 0 Å². The van der Waals surface area contributed by atoms with Gasteiger partial charge in [0.2, 0.25) is 0 Å². The van der Waals surface area contributed by atoms with Crippen molar-refractivity contribution in [3.63, 3.8) is 0 Å². The summed E-state index contributed by atoms with van der Waals surface area (Å²) < 4.78 is 27.6. The fraction of sp³-hybridized carbons (Fsp3) is 0.318. The molecule has 162 valence electrons. The Morgan fingerprint density at radius 3 is 2.30 bits per heavy atom. The summed E-state index contributed by atoms with van der Waals surface area (Å²) in [6.07, 6.45) is 2.13. The summed E-state index contributed by atoms with van der Waals surface area (Å²) in [5.74, 6) is -0.346. The SMILES string of the molecule is C=CCC(CN(C(=O)NC(C)(C)C)S(=O)(=O)c1ccccc1)c1ccc(Cl)c(Cl)c1. The number of hydrogen-bond acceptors (Lipinski definition) is 3. The molecule has 0 bridgehead atoms. The molecule has 0 fully saturated rings. The van der Waals surface area contributed by atoms with Crippen molar-refractivity contribution in [1.29, 1.82) is 0 Å². The highest BCUT2D eigenvalue weighted by Crippen LogP contribution is 2.30. The van der Waals surface area contributed by atoms with Crippen LogP contribution in [0.4, 0.5) is 4.79 Å². The zero-order chi connectivity index (χ0) is 22.5. The third-order valence-electron chi connectivity index (χ3n) is 4.29. The summed E-state index contributed by atoms with van der Waals surface area (Å²) in [6.45, 7) is 9.06. The molecule has 1 unspecified atom stereocenters. The molecule has 1 atom stereocenters. The highest BCUT2D eigenvalue weighted by atomic mass is 35.5. The van der Waals surface area contributed by atoms with Crippen LogP contribution < -0.4 is 5.32 Å². The maximum Gasteiger partial charge on any atom is 0.331 e. The van der Waals surface area contributed by atoms with E-state index < -0.39 is 21.6 Å². The number of carbonyl (C=O) groups excluding carboxylic acids is 1. The first-order chi connectivity index (χ1) is 14.0. The molecule has 0 aliphatic heterocycles. The highest BCUT2D eigenvalue weighted by molar-refractivity contribution is 7.89. The van der Waals surface area contributed by atoms with Gasteiger partial charge in [-0.3, -0.25) is 0 Å². The van der Waals surface area contributed by atoms with E-state index in [1.165, 1.54) is 12.1 Å². The lowest BCUT2D eigenvalue weighted by Gasteiger charge is -2.30. The summed E-state index contributed by atoms with van der Waals surface area (Å²) in [4.78, 5) is 13.1. The van der Waals surface area contributed by atoms with Crippen LogP contribution in [0.1, 0.15) is 38.7 Å². The van der Waals surface area contributed by atoms with Gasteiger partial charge < -0.3 is 5.32 Å². The molecule has 5 nitrogen and oxygen atoms in total. The molecule has 8 heteroatoms. The third-order valence-corrected chi connectivity index (χ3v) is 6.79. The predicted octanol–water partition coefficient (Wildman–Crippen LogP) is 5.85. The van der Waals surface area contributed by atoms with Crippen LogP contribution in [-0.4, -0.2) is 30.8 Å². The number of rotatable bonds is 7. The van der Waals surface area contributed by atoms with Crippen LogP contribution in [-0.2, 0) is 10.0 Å². The zero-order valence-corrected chi connectivity index (χ0v) is 19.6. The number of allylic oxidation sites excluding steroid dienone is 1. The Labute approximate surface area is 188 Å². The Morgan fingerprint density at radius 2 is 1.77 bits per heavy atom. The van der Waals surface area contributed by atoms with Gasteiger partial charge in [0.05, 0.1) is 14.9 Å². The van der Waals surface area contributed by atoms with E-state index in [2.05, 4.69) is 11.9 Å². The van der Waals surface area contributed by atoms with Gasteiger partial charge >= 0.3 is 6.03 Å². The molecule has 2 rings (SSSR count). The van der Waals surface area contributed by atoms with E-state index in [1.54, 1.807) is 63.2 Å². The maximum atomic E-state index is 13.3. The minimum Gasteiger partial charge on any atom is -0.333 e. The molecule has 30 heavy (non-hydrogen) atoms. The molecule has 2 aromatic rings. The number of halogens is 2. The Morgan fingerprint density at radius 1 is 1.13 bits per heavy atom. The van der Waals surface area contributed by atoms with Crippen molar-refractivity contribution in [2.24, 2.45) is 0 Å². The minimum absolute atomic E-state index is 0.0422. The number of urea groups is 1. The van der Waals surface area contributed by atoms with Crippen LogP contribution >= 0.6 is 23.2 Å². The van der Waals surface area contributed by atoms with Crippen LogP contribution in [0.3, 0.4) is 0 Å². The van der Waals surface area contributed by atoms with Crippen molar-refractivity contribution >= 4 is 39.3 Å². The van der Waals surface area contributed by atoms with Gasteiger partial charge in [0.25, 0.3) is 10.0 Å². The highest BCUT2D eigenvalue weighted by Gasteiger charge is 2.33. The molecule has 0 radical (unpaired) electrons. The van der Waals surface area contributed by atoms with Crippen LogP contribution in [0, 0.1) is 0 Å². The summed E-state index contributed by atoms with van der Waals surface area (Å²) in [5, 5.41) is 3.51. The maximum absolute atomic E-state index is 13.3. The van der Waals surface area contributed by atoms with Crippen molar-refractivity contribution in [1.82, 2.24) is 9.62 Å². The summed E-state index contributed by atoms with van der Waals surface area (Å²) in [5.41, 5.74) is 0.153.